The van der Waals surface area contributed by atoms with Gasteiger partial charge >= 0.3 is 11.8 Å². The first kappa shape index (κ1) is 21.5. The third-order valence-electron chi connectivity index (χ3n) is 3.73. The van der Waals surface area contributed by atoms with Gasteiger partial charge in [0.05, 0.1) is 4.90 Å². The van der Waals surface area contributed by atoms with E-state index < -0.39 is 21.8 Å². The Kier molecular flexibility index (Phi) is 7.65. The van der Waals surface area contributed by atoms with E-state index in [1.807, 2.05) is 0 Å². The molecule has 2 aromatic rings. The summed E-state index contributed by atoms with van der Waals surface area (Å²) in [5.74, 6) is -1.42. The molecule has 1 aromatic heterocycles. The average molecular weight is 404 g/mol. The molecule has 0 saturated heterocycles. The largest absolute Gasteiger partial charge is 0.348 e. The average Bonchev–Trinajstić information content (AvgIpc) is 2.66. The van der Waals surface area contributed by atoms with Crippen molar-refractivity contribution in [3.05, 3.63) is 59.9 Å². The summed E-state index contributed by atoms with van der Waals surface area (Å²) < 4.78 is 26.7. The Morgan fingerprint density at radius 1 is 0.929 bits per heavy atom. The fourth-order valence-electron chi connectivity index (χ4n) is 2.38. The second-order valence-electron chi connectivity index (χ2n) is 6.46. The highest BCUT2D eigenvalue weighted by molar-refractivity contribution is 7.89. The van der Waals surface area contributed by atoms with E-state index in [0.717, 1.165) is 11.1 Å². The quantitative estimate of drug-likeness (QED) is 0.561. The van der Waals surface area contributed by atoms with Gasteiger partial charge in [-0.1, -0.05) is 12.1 Å². The van der Waals surface area contributed by atoms with Gasteiger partial charge in [0.1, 0.15) is 0 Å². The van der Waals surface area contributed by atoms with E-state index in [2.05, 4.69) is 20.3 Å². The van der Waals surface area contributed by atoms with Gasteiger partial charge in [0.15, 0.2) is 0 Å². The second kappa shape index (κ2) is 9.95. The number of sulfonamides is 1. The van der Waals surface area contributed by atoms with Crippen LogP contribution in [-0.2, 0) is 32.6 Å². The number of hydrogen-bond acceptors (Lipinski definition) is 5. The first-order valence-corrected chi connectivity index (χ1v) is 10.3. The summed E-state index contributed by atoms with van der Waals surface area (Å²) in [5.41, 5.74) is 1.69. The van der Waals surface area contributed by atoms with Gasteiger partial charge < -0.3 is 10.6 Å². The SMILES string of the molecule is CC(C)NS(=O)(=O)c1ccc(CCNC(=O)C(=O)NCc2ccncc2)cc1. The topological polar surface area (TPSA) is 117 Å². The van der Waals surface area contributed by atoms with Crippen molar-refractivity contribution in [1.29, 1.82) is 0 Å². The van der Waals surface area contributed by atoms with Crippen LogP contribution in [0.3, 0.4) is 0 Å². The molecule has 0 aliphatic heterocycles. The van der Waals surface area contributed by atoms with Crippen molar-refractivity contribution in [1.82, 2.24) is 20.3 Å². The summed E-state index contributed by atoms with van der Waals surface area (Å²) in [7, 11) is -3.53. The molecule has 0 bridgehead atoms. The van der Waals surface area contributed by atoms with Crippen molar-refractivity contribution in [2.24, 2.45) is 0 Å². The molecule has 0 aliphatic rings. The van der Waals surface area contributed by atoms with E-state index in [1.54, 1.807) is 50.5 Å². The van der Waals surface area contributed by atoms with Gasteiger partial charge in [-0.3, -0.25) is 14.6 Å². The van der Waals surface area contributed by atoms with Crippen molar-refractivity contribution >= 4 is 21.8 Å². The van der Waals surface area contributed by atoms with Crippen LogP contribution < -0.4 is 15.4 Å². The van der Waals surface area contributed by atoms with Crippen LogP contribution in [0.15, 0.2) is 53.7 Å². The number of pyridine rings is 1. The summed E-state index contributed by atoms with van der Waals surface area (Å²) >= 11 is 0. The van der Waals surface area contributed by atoms with Crippen LogP contribution in [0.2, 0.25) is 0 Å². The van der Waals surface area contributed by atoms with Crippen LogP contribution >= 0.6 is 0 Å². The maximum atomic E-state index is 12.1. The summed E-state index contributed by atoms with van der Waals surface area (Å²) in [6.45, 7) is 4.01. The van der Waals surface area contributed by atoms with Crippen molar-refractivity contribution in [2.75, 3.05) is 6.54 Å². The van der Waals surface area contributed by atoms with Crippen LogP contribution in [-0.4, -0.2) is 37.8 Å². The minimum atomic E-state index is -3.53. The van der Waals surface area contributed by atoms with E-state index in [4.69, 9.17) is 0 Å². The Labute approximate surface area is 164 Å². The Morgan fingerprint density at radius 3 is 2.14 bits per heavy atom. The zero-order chi connectivity index (χ0) is 20.6. The van der Waals surface area contributed by atoms with E-state index in [0.29, 0.717) is 6.42 Å². The standard InChI is InChI=1S/C19H24N4O4S/c1-14(2)23-28(26,27)17-5-3-15(4-6-17)9-12-21-18(24)19(25)22-13-16-7-10-20-11-8-16/h3-8,10-11,14,23H,9,12-13H2,1-2H3,(H,21,24)(H,22,25). The highest BCUT2D eigenvalue weighted by Crippen LogP contribution is 2.11. The maximum absolute atomic E-state index is 12.1. The molecule has 150 valence electrons. The van der Waals surface area contributed by atoms with Gasteiger partial charge in [-0.05, 0) is 55.7 Å². The number of carbonyl (C=O) groups is 2. The molecule has 0 aliphatic carbocycles. The lowest BCUT2D eigenvalue weighted by Crippen LogP contribution is -2.40. The minimum absolute atomic E-state index is 0.185. The predicted octanol–water partition coefficient (Wildman–Crippen LogP) is 0.743. The molecule has 1 aromatic carbocycles. The lowest BCUT2D eigenvalue weighted by atomic mass is 10.1. The van der Waals surface area contributed by atoms with Crippen LogP contribution in [0, 0.1) is 0 Å². The van der Waals surface area contributed by atoms with Crippen LogP contribution in [0.25, 0.3) is 0 Å². The van der Waals surface area contributed by atoms with Crippen LogP contribution in [0.4, 0.5) is 0 Å². The number of aromatic nitrogens is 1. The Balaban J connectivity index is 1.78. The smallest absolute Gasteiger partial charge is 0.309 e. The minimum Gasteiger partial charge on any atom is -0.348 e. The summed E-state index contributed by atoms with van der Waals surface area (Å²) in [5, 5.41) is 5.08. The first-order valence-electron chi connectivity index (χ1n) is 8.84. The summed E-state index contributed by atoms with van der Waals surface area (Å²) in [6.07, 6.45) is 3.69. The van der Waals surface area contributed by atoms with E-state index >= 15 is 0 Å². The number of amides is 2. The number of nitrogens with zero attached hydrogens (tertiary/aromatic N) is 1. The molecule has 9 heteroatoms. The zero-order valence-corrected chi connectivity index (χ0v) is 16.6. The van der Waals surface area contributed by atoms with Gasteiger partial charge in [-0.25, -0.2) is 13.1 Å². The normalized spacial score (nSPS) is 11.2. The fourth-order valence-corrected chi connectivity index (χ4v) is 3.63. The van der Waals surface area contributed by atoms with Crippen molar-refractivity contribution in [3.8, 4) is 0 Å². The number of benzene rings is 1. The highest BCUT2D eigenvalue weighted by atomic mass is 32.2. The molecule has 0 spiro atoms. The molecule has 0 saturated carbocycles. The molecule has 2 rings (SSSR count). The fraction of sp³-hybridized carbons (Fsp3) is 0.316. The Hall–Kier alpha value is -2.78. The van der Waals surface area contributed by atoms with Gasteiger partial charge in [0, 0.05) is 31.5 Å². The molecule has 0 fully saturated rings. The van der Waals surface area contributed by atoms with E-state index in [9.17, 15) is 18.0 Å². The predicted molar refractivity (Wildman–Crippen MR) is 105 cm³/mol. The molecule has 1 heterocycles. The Morgan fingerprint density at radius 2 is 1.54 bits per heavy atom. The number of rotatable bonds is 8. The number of carbonyl (C=O) groups excluding carboxylic acids is 2. The molecule has 0 unspecified atom stereocenters. The third kappa shape index (κ3) is 6.75. The molecule has 28 heavy (non-hydrogen) atoms. The van der Waals surface area contributed by atoms with Gasteiger partial charge in [0.2, 0.25) is 10.0 Å². The lowest BCUT2D eigenvalue weighted by Gasteiger charge is -2.10. The van der Waals surface area contributed by atoms with Crippen molar-refractivity contribution < 1.29 is 18.0 Å². The first-order chi connectivity index (χ1) is 13.3. The molecule has 2 amide bonds. The summed E-state index contributed by atoms with van der Waals surface area (Å²) in [6, 6.07) is 9.71. The molecular weight excluding hydrogens is 380 g/mol. The van der Waals surface area contributed by atoms with Gasteiger partial charge in [-0.15, -0.1) is 0 Å². The maximum Gasteiger partial charge on any atom is 0.309 e. The number of nitrogens with one attached hydrogen (secondary N) is 3. The van der Waals surface area contributed by atoms with Crippen LogP contribution in [0.5, 0.6) is 0 Å². The lowest BCUT2D eigenvalue weighted by molar-refractivity contribution is -0.139. The molecular formula is C19H24N4O4S. The van der Waals surface area contributed by atoms with E-state index in [-0.39, 0.29) is 24.0 Å². The molecule has 0 radical (unpaired) electrons. The van der Waals surface area contributed by atoms with Crippen LogP contribution in [0.1, 0.15) is 25.0 Å². The monoisotopic (exact) mass is 404 g/mol. The van der Waals surface area contributed by atoms with E-state index in [1.165, 1.54) is 12.1 Å². The Bertz CT molecular complexity index is 897. The highest BCUT2D eigenvalue weighted by Gasteiger charge is 2.15. The van der Waals surface area contributed by atoms with Crippen molar-refractivity contribution in [2.45, 2.75) is 37.8 Å². The van der Waals surface area contributed by atoms with Crippen molar-refractivity contribution in [3.63, 3.8) is 0 Å². The molecule has 3 N–H and O–H groups in total. The second-order valence-corrected chi connectivity index (χ2v) is 8.18. The van der Waals surface area contributed by atoms with Gasteiger partial charge in [-0.2, -0.15) is 0 Å². The van der Waals surface area contributed by atoms with Gasteiger partial charge in [0.25, 0.3) is 0 Å². The zero-order valence-electron chi connectivity index (χ0n) is 15.8. The molecule has 0 atom stereocenters. The molecule has 8 nitrogen and oxygen atoms in total. The third-order valence-corrected chi connectivity index (χ3v) is 5.41. The number of hydrogen-bond donors (Lipinski definition) is 3. The summed E-state index contributed by atoms with van der Waals surface area (Å²) in [4.78, 5) is 27.7.